The molecule has 1 aliphatic rings. The largest absolute Gasteiger partial charge is 0.495 e. The highest BCUT2D eigenvalue weighted by atomic mass is 16.6. The molecule has 8 nitrogen and oxygen atoms in total. The molecule has 1 amide bonds. The average molecular weight is 384 g/mol. The first-order valence-electron chi connectivity index (χ1n) is 9.17. The first-order chi connectivity index (χ1) is 13.5. The van der Waals surface area contributed by atoms with Crippen LogP contribution < -0.4 is 15.0 Å². The molecule has 1 N–H and O–H groups in total. The van der Waals surface area contributed by atoms with Crippen LogP contribution in [0.2, 0.25) is 0 Å². The molecule has 1 saturated heterocycles. The Kier molecular flexibility index (Phi) is 6.10. The molecule has 0 aromatic heterocycles. The van der Waals surface area contributed by atoms with Crippen molar-refractivity contribution in [1.82, 2.24) is 4.90 Å². The van der Waals surface area contributed by atoms with Crippen LogP contribution in [-0.4, -0.2) is 55.1 Å². The first-order valence-corrected chi connectivity index (χ1v) is 9.17. The molecule has 148 valence electrons. The van der Waals surface area contributed by atoms with Crippen LogP contribution in [0.5, 0.6) is 5.75 Å². The number of hydrogen-bond acceptors (Lipinski definition) is 6. The summed E-state index contributed by atoms with van der Waals surface area (Å²) in [5.74, 6) is 0.665. The Balaban J connectivity index is 1.59. The number of para-hydroxylation sites is 2. The van der Waals surface area contributed by atoms with Crippen molar-refractivity contribution in [2.75, 3.05) is 43.5 Å². The average Bonchev–Trinajstić information content (AvgIpc) is 2.73. The van der Waals surface area contributed by atoms with Crippen LogP contribution >= 0.6 is 0 Å². The van der Waals surface area contributed by atoms with E-state index in [1.54, 1.807) is 19.2 Å². The molecular weight excluding hydrogens is 360 g/mol. The van der Waals surface area contributed by atoms with Crippen LogP contribution in [0.4, 0.5) is 17.1 Å². The van der Waals surface area contributed by atoms with Gasteiger partial charge in [0.15, 0.2) is 0 Å². The summed E-state index contributed by atoms with van der Waals surface area (Å²) in [7, 11) is 1.66. The highest BCUT2D eigenvalue weighted by Gasteiger charge is 2.26. The lowest BCUT2D eigenvalue weighted by Gasteiger charge is -2.38. The molecular formula is C20H24N4O4. The Morgan fingerprint density at radius 2 is 1.86 bits per heavy atom. The summed E-state index contributed by atoms with van der Waals surface area (Å²) in [5.41, 5.74) is 1.44. The number of piperazine rings is 1. The van der Waals surface area contributed by atoms with Crippen molar-refractivity contribution >= 4 is 23.0 Å². The lowest BCUT2D eigenvalue weighted by Crippen LogP contribution is -2.52. The number of benzene rings is 2. The fourth-order valence-electron chi connectivity index (χ4n) is 3.35. The van der Waals surface area contributed by atoms with Gasteiger partial charge in [0.25, 0.3) is 5.69 Å². The predicted octanol–water partition coefficient (Wildman–Crippen LogP) is 2.75. The summed E-state index contributed by atoms with van der Waals surface area (Å²) >= 11 is 0. The number of nitrogens with one attached hydrogen (secondary N) is 1. The molecule has 0 saturated carbocycles. The zero-order chi connectivity index (χ0) is 20.1. The molecule has 0 bridgehead atoms. The van der Waals surface area contributed by atoms with Crippen molar-refractivity contribution in [1.29, 1.82) is 0 Å². The first kappa shape index (κ1) is 19.6. The number of nitro benzene ring substituents is 1. The number of nitro groups is 1. The number of amides is 1. The standard InChI is InChI=1S/C20H24N4O4/c1-15(20(25)21-16-6-5-7-17(14-16)24(26)27)22-10-12-23(13-11-22)18-8-3-4-9-19(18)28-2/h3-9,14-15H,10-13H2,1-2H3,(H,21,25). The third-order valence-corrected chi connectivity index (χ3v) is 4.99. The van der Waals surface area contributed by atoms with Crippen LogP contribution in [-0.2, 0) is 4.79 Å². The predicted molar refractivity (Wildman–Crippen MR) is 108 cm³/mol. The third-order valence-electron chi connectivity index (χ3n) is 4.99. The van der Waals surface area contributed by atoms with Gasteiger partial charge in [0.1, 0.15) is 5.75 Å². The topological polar surface area (TPSA) is 88.0 Å². The second kappa shape index (κ2) is 8.71. The van der Waals surface area contributed by atoms with E-state index in [0.29, 0.717) is 5.69 Å². The van der Waals surface area contributed by atoms with Gasteiger partial charge in [0.05, 0.1) is 23.8 Å². The van der Waals surface area contributed by atoms with Gasteiger partial charge >= 0.3 is 0 Å². The Morgan fingerprint density at radius 1 is 1.14 bits per heavy atom. The number of anilines is 2. The molecule has 0 radical (unpaired) electrons. The summed E-state index contributed by atoms with van der Waals surface area (Å²) < 4.78 is 5.44. The molecule has 0 aliphatic carbocycles. The van der Waals surface area contributed by atoms with Crippen molar-refractivity contribution in [2.24, 2.45) is 0 Å². The number of ether oxygens (including phenoxy) is 1. The minimum absolute atomic E-state index is 0.0455. The zero-order valence-corrected chi connectivity index (χ0v) is 16.0. The molecule has 1 unspecified atom stereocenters. The molecule has 1 atom stereocenters. The fraction of sp³-hybridized carbons (Fsp3) is 0.350. The summed E-state index contributed by atoms with van der Waals surface area (Å²) in [5, 5.41) is 13.7. The molecule has 28 heavy (non-hydrogen) atoms. The van der Waals surface area contributed by atoms with Gasteiger partial charge in [-0.1, -0.05) is 18.2 Å². The molecule has 3 rings (SSSR count). The quantitative estimate of drug-likeness (QED) is 0.609. The van der Waals surface area contributed by atoms with Gasteiger partial charge in [0, 0.05) is 44.0 Å². The van der Waals surface area contributed by atoms with E-state index in [-0.39, 0.29) is 17.6 Å². The molecule has 1 fully saturated rings. The number of carbonyl (C=O) groups excluding carboxylic acids is 1. The Morgan fingerprint density at radius 3 is 2.54 bits per heavy atom. The zero-order valence-electron chi connectivity index (χ0n) is 16.0. The van der Waals surface area contributed by atoms with Gasteiger partial charge in [-0.25, -0.2) is 0 Å². The van der Waals surface area contributed by atoms with Crippen molar-refractivity contribution in [3.05, 3.63) is 58.6 Å². The smallest absolute Gasteiger partial charge is 0.271 e. The maximum atomic E-state index is 12.6. The minimum atomic E-state index is -0.476. The number of non-ortho nitro benzene ring substituents is 1. The maximum Gasteiger partial charge on any atom is 0.271 e. The summed E-state index contributed by atoms with van der Waals surface area (Å²) in [6.45, 7) is 4.90. The van der Waals surface area contributed by atoms with Gasteiger partial charge in [0.2, 0.25) is 5.91 Å². The SMILES string of the molecule is COc1ccccc1N1CCN(C(C)C(=O)Nc2cccc([N+](=O)[O-])c2)CC1. The van der Waals surface area contributed by atoms with Crippen LogP contribution in [0.3, 0.4) is 0 Å². The van der Waals surface area contributed by atoms with E-state index in [2.05, 4.69) is 15.1 Å². The van der Waals surface area contributed by atoms with Gasteiger partial charge < -0.3 is 15.0 Å². The number of carbonyl (C=O) groups is 1. The Labute approximate surface area is 163 Å². The number of methoxy groups -OCH3 is 1. The van der Waals surface area contributed by atoms with Gasteiger partial charge in [-0.3, -0.25) is 19.8 Å². The van der Waals surface area contributed by atoms with E-state index in [0.717, 1.165) is 37.6 Å². The number of hydrogen-bond donors (Lipinski definition) is 1. The molecule has 1 aliphatic heterocycles. The van der Waals surface area contributed by atoms with E-state index in [4.69, 9.17) is 4.74 Å². The second-order valence-corrected chi connectivity index (χ2v) is 6.67. The monoisotopic (exact) mass is 384 g/mol. The third kappa shape index (κ3) is 4.40. The van der Waals surface area contributed by atoms with Gasteiger partial charge in [-0.2, -0.15) is 0 Å². The lowest BCUT2D eigenvalue weighted by atomic mass is 10.2. The molecule has 2 aromatic rings. The molecule has 1 heterocycles. The maximum absolute atomic E-state index is 12.6. The van der Waals surface area contributed by atoms with E-state index in [1.807, 2.05) is 31.2 Å². The van der Waals surface area contributed by atoms with Crippen molar-refractivity contribution < 1.29 is 14.5 Å². The summed E-state index contributed by atoms with van der Waals surface area (Å²) in [6, 6.07) is 13.5. The highest BCUT2D eigenvalue weighted by molar-refractivity contribution is 5.94. The number of rotatable bonds is 6. The fourth-order valence-corrected chi connectivity index (χ4v) is 3.35. The Hall–Kier alpha value is -3.13. The van der Waals surface area contributed by atoms with Crippen LogP contribution in [0.25, 0.3) is 0 Å². The van der Waals surface area contributed by atoms with Crippen molar-refractivity contribution in [3.8, 4) is 5.75 Å². The van der Waals surface area contributed by atoms with Crippen LogP contribution in [0.1, 0.15) is 6.92 Å². The number of nitrogens with zero attached hydrogens (tertiary/aromatic N) is 3. The van der Waals surface area contributed by atoms with Gasteiger partial charge in [-0.15, -0.1) is 0 Å². The van der Waals surface area contributed by atoms with E-state index in [9.17, 15) is 14.9 Å². The molecule has 2 aromatic carbocycles. The van der Waals surface area contributed by atoms with Crippen LogP contribution in [0.15, 0.2) is 48.5 Å². The van der Waals surface area contributed by atoms with Crippen molar-refractivity contribution in [3.63, 3.8) is 0 Å². The van der Waals surface area contributed by atoms with E-state index in [1.165, 1.54) is 12.1 Å². The normalized spacial score (nSPS) is 15.7. The molecule has 0 spiro atoms. The van der Waals surface area contributed by atoms with Crippen LogP contribution in [0, 0.1) is 10.1 Å². The lowest BCUT2D eigenvalue weighted by molar-refractivity contribution is -0.384. The van der Waals surface area contributed by atoms with Gasteiger partial charge in [-0.05, 0) is 25.1 Å². The second-order valence-electron chi connectivity index (χ2n) is 6.67. The summed E-state index contributed by atoms with van der Waals surface area (Å²) in [4.78, 5) is 27.4. The van der Waals surface area contributed by atoms with Crippen molar-refractivity contribution in [2.45, 2.75) is 13.0 Å². The highest BCUT2D eigenvalue weighted by Crippen LogP contribution is 2.28. The Bertz CT molecular complexity index is 850. The minimum Gasteiger partial charge on any atom is -0.495 e. The van der Waals surface area contributed by atoms with E-state index < -0.39 is 4.92 Å². The van der Waals surface area contributed by atoms with E-state index >= 15 is 0 Å². The molecule has 8 heteroatoms. The summed E-state index contributed by atoms with van der Waals surface area (Å²) in [6.07, 6.45) is 0.